The Morgan fingerprint density at radius 1 is 1.12 bits per heavy atom. The van der Waals surface area contributed by atoms with E-state index < -0.39 is 6.03 Å². The van der Waals surface area contributed by atoms with Gasteiger partial charge in [0.15, 0.2) is 0 Å². The third-order valence-corrected chi connectivity index (χ3v) is 2.33. The Morgan fingerprint density at radius 2 is 1.71 bits per heavy atom. The van der Waals surface area contributed by atoms with Crippen molar-refractivity contribution in [2.45, 2.75) is 53.1 Å². The Hall–Kier alpha value is -1.10. The SMILES string of the molecule is CCNC(=O)NC(=O)C(C)NC(C)CC(C)C. The van der Waals surface area contributed by atoms with Gasteiger partial charge in [-0.15, -0.1) is 0 Å². The lowest BCUT2D eigenvalue weighted by molar-refractivity contribution is -0.121. The molecule has 0 saturated heterocycles. The molecule has 3 N–H and O–H groups in total. The number of amides is 3. The van der Waals surface area contributed by atoms with Crippen molar-refractivity contribution in [1.82, 2.24) is 16.0 Å². The summed E-state index contributed by atoms with van der Waals surface area (Å²) in [4.78, 5) is 22.8. The van der Waals surface area contributed by atoms with Crippen LogP contribution in [0.25, 0.3) is 0 Å². The second-order valence-corrected chi connectivity index (χ2v) is 4.77. The number of urea groups is 1. The fraction of sp³-hybridized carbons (Fsp3) is 0.833. The van der Waals surface area contributed by atoms with E-state index in [4.69, 9.17) is 0 Å². The summed E-state index contributed by atoms with van der Waals surface area (Å²) in [6, 6.07) is -0.556. The molecule has 2 atom stereocenters. The summed E-state index contributed by atoms with van der Waals surface area (Å²) in [6.45, 7) is 10.4. The standard InChI is InChI=1S/C12H25N3O2/c1-6-13-12(17)15-11(16)10(5)14-9(4)7-8(2)3/h8-10,14H,6-7H2,1-5H3,(H2,13,15,16,17). The van der Waals surface area contributed by atoms with E-state index in [1.807, 2.05) is 6.92 Å². The molecule has 3 amide bonds. The Balaban J connectivity index is 4.00. The molecule has 5 nitrogen and oxygen atoms in total. The molecule has 5 heteroatoms. The molecule has 0 aliphatic rings. The number of hydrogen-bond donors (Lipinski definition) is 3. The van der Waals surface area contributed by atoms with Gasteiger partial charge in [-0.25, -0.2) is 4.79 Å². The summed E-state index contributed by atoms with van der Waals surface area (Å²) in [5.41, 5.74) is 0. The second kappa shape index (κ2) is 8.06. The highest BCUT2D eigenvalue weighted by Gasteiger charge is 2.17. The zero-order chi connectivity index (χ0) is 13.4. The molecular formula is C12H25N3O2. The lowest BCUT2D eigenvalue weighted by Gasteiger charge is -2.20. The molecule has 0 fully saturated rings. The molecule has 0 saturated carbocycles. The zero-order valence-corrected chi connectivity index (χ0v) is 11.5. The first kappa shape index (κ1) is 15.9. The second-order valence-electron chi connectivity index (χ2n) is 4.77. The number of nitrogens with one attached hydrogen (secondary N) is 3. The van der Waals surface area contributed by atoms with Gasteiger partial charge in [0.2, 0.25) is 5.91 Å². The predicted molar refractivity (Wildman–Crippen MR) is 68.7 cm³/mol. The smallest absolute Gasteiger partial charge is 0.321 e. The van der Waals surface area contributed by atoms with Crippen LogP contribution in [0.2, 0.25) is 0 Å². The lowest BCUT2D eigenvalue weighted by Crippen LogP contribution is -2.50. The quantitative estimate of drug-likeness (QED) is 0.657. The van der Waals surface area contributed by atoms with E-state index in [0.29, 0.717) is 12.5 Å². The molecule has 0 aromatic carbocycles. The average Bonchev–Trinajstić information content (AvgIpc) is 2.15. The van der Waals surface area contributed by atoms with Crippen molar-refractivity contribution in [2.75, 3.05) is 6.54 Å². The van der Waals surface area contributed by atoms with Gasteiger partial charge in [0.1, 0.15) is 0 Å². The van der Waals surface area contributed by atoms with Crippen LogP contribution in [-0.2, 0) is 4.79 Å². The first-order valence-electron chi connectivity index (χ1n) is 6.21. The van der Waals surface area contributed by atoms with Crippen molar-refractivity contribution in [3.8, 4) is 0 Å². The van der Waals surface area contributed by atoms with Crippen LogP contribution < -0.4 is 16.0 Å². The van der Waals surface area contributed by atoms with Crippen LogP contribution >= 0.6 is 0 Å². The topological polar surface area (TPSA) is 70.2 Å². The van der Waals surface area contributed by atoms with Crippen LogP contribution in [0.4, 0.5) is 4.79 Å². The lowest BCUT2D eigenvalue weighted by atomic mass is 10.0. The van der Waals surface area contributed by atoms with E-state index >= 15 is 0 Å². The predicted octanol–water partition coefficient (Wildman–Crippen LogP) is 1.24. The summed E-state index contributed by atoms with van der Waals surface area (Å²) < 4.78 is 0. The van der Waals surface area contributed by atoms with Crippen LogP contribution in [0.3, 0.4) is 0 Å². The van der Waals surface area contributed by atoms with Crippen LogP contribution in [-0.4, -0.2) is 30.6 Å². The zero-order valence-electron chi connectivity index (χ0n) is 11.5. The van der Waals surface area contributed by atoms with Gasteiger partial charge in [0.25, 0.3) is 0 Å². The third-order valence-electron chi connectivity index (χ3n) is 2.33. The minimum absolute atomic E-state index is 0.255. The van der Waals surface area contributed by atoms with E-state index in [1.54, 1.807) is 13.8 Å². The van der Waals surface area contributed by atoms with Crippen LogP contribution in [0, 0.1) is 5.92 Å². The van der Waals surface area contributed by atoms with Crippen molar-refractivity contribution >= 4 is 11.9 Å². The van der Waals surface area contributed by atoms with Gasteiger partial charge >= 0.3 is 6.03 Å². The summed E-state index contributed by atoms with van der Waals surface area (Å²) >= 11 is 0. The Morgan fingerprint density at radius 3 is 2.18 bits per heavy atom. The van der Waals surface area contributed by atoms with Crippen LogP contribution in [0.15, 0.2) is 0 Å². The summed E-state index contributed by atoms with van der Waals surface area (Å²) in [7, 11) is 0. The Bertz CT molecular complexity index is 254. The maximum Gasteiger partial charge on any atom is 0.321 e. The minimum atomic E-state index is -0.442. The molecular weight excluding hydrogens is 218 g/mol. The van der Waals surface area contributed by atoms with Crippen LogP contribution in [0.5, 0.6) is 0 Å². The number of hydrogen-bond acceptors (Lipinski definition) is 3. The molecule has 100 valence electrons. The van der Waals surface area contributed by atoms with E-state index in [0.717, 1.165) is 6.42 Å². The molecule has 0 aromatic heterocycles. The van der Waals surface area contributed by atoms with Gasteiger partial charge in [-0.3, -0.25) is 10.1 Å². The average molecular weight is 243 g/mol. The number of imide groups is 1. The van der Waals surface area contributed by atoms with Gasteiger partial charge in [0.05, 0.1) is 6.04 Å². The highest BCUT2D eigenvalue weighted by Crippen LogP contribution is 2.04. The summed E-state index contributed by atoms with van der Waals surface area (Å²) in [5.74, 6) is 0.280. The molecule has 0 radical (unpaired) electrons. The number of carbonyl (C=O) groups excluding carboxylic acids is 2. The molecule has 0 aliphatic carbocycles. The highest BCUT2D eigenvalue weighted by atomic mass is 16.2. The molecule has 0 aromatic rings. The first-order valence-corrected chi connectivity index (χ1v) is 6.21. The Kier molecular flexibility index (Phi) is 7.54. The van der Waals surface area contributed by atoms with E-state index in [1.165, 1.54) is 0 Å². The van der Waals surface area contributed by atoms with Gasteiger partial charge in [-0.2, -0.15) is 0 Å². The summed E-state index contributed by atoms with van der Waals surface area (Å²) in [5, 5.41) is 7.97. The van der Waals surface area contributed by atoms with E-state index in [-0.39, 0.29) is 18.0 Å². The summed E-state index contributed by atoms with van der Waals surface area (Å²) in [6.07, 6.45) is 0.999. The van der Waals surface area contributed by atoms with Gasteiger partial charge < -0.3 is 10.6 Å². The first-order chi connectivity index (χ1) is 7.86. The third kappa shape index (κ3) is 7.74. The minimum Gasteiger partial charge on any atom is -0.338 e. The normalized spacial score (nSPS) is 14.2. The Labute approximate surface area is 104 Å². The van der Waals surface area contributed by atoms with Crippen molar-refractivity contribution in [3.63, 3.8) is 0 Å². The molecule has 0 rings (SSSR count). The molecule has 0 spiro atoms. The fourth-order valence-corrected chi connectivity index (χ4v) is 1.70. The van der Waals surface area contributed by atoms with Gasteiger partial charge in [-0.05, 0) is 33.1 Å². The van der Waals surface area contributed by atoms with Crippen LogP contribution in [0.1, 0.15) is 41.0 Å². The molecule has 17 heavy (non-hydrogen) atoms. The monoisotopic (exact) mass is 243 g/mol. The maximum absolute atomic E-state index is 11.6. The van der Waals surface area contributed by atoms with Crippen molar-refractivity contribution < 1.29 is 9.59 Å². The largest absolute Gasteiger partial charge is 0.338 e. The van der Waals surface area contributed by atoms with E-state index in [9.17, 15) is 9.59 Å². The molecule has 2 unspecified atom stereocenters. The number of carbonyl (C=O) groups is 2. The number of rotatable bonds is 6. The van der Waals surface area contributed by atoms with Crippen molar-refractivity contribution in [3.05, 3.63) is 0 Å². The fourth-order valence-electron chi connectivity index (χ4n) is 1.70. The van der Waals surface area contributed by atoms with Crippen molar-refractivity contribution in [1.29, 1.82) is 0 Å². The molecule has 0 bridgehead atoms. The van der Waals surface area contributed by atoms with Crippen molar-refractivity contribution in [2.24, 2.45) is 5.92 Å². The highest BCUT2D eigenvalue weighted by molar-refractivity contribution is 5.96. The molecule has 0 aliphatic heterocycles. The van der Waals surface area contributed by atoms with Gasteiger partial charge in [0, 0.05) is 12.6 Å². The maximum atomic E-state index is 11.6. The molecule has 0 heterocycles. The van der Waals surface area contributed by atoms with E-state index in [2.05, 4.69) is 29.8 Å². The van der Waals surface area contributed by atoms with Gasteiger partial charge in [-0.1, -0.05) is 13.8 Å².